The first-order valence-corrected chi connectivity index (χ1v) is 13.3. The molecule has 38 heavy (non-hydrogen) atoms. The number of amides is 3. The molecule has 1 atom stereocenters. The molecule has 2 N–H and O–H groups in total. The molecule has 2 saturated heterocycles. The first-order chi connectivity index (χ1) is 18.5. The Kier molecular flexibility index (Phi) is 8.09. The highest BCUT2D eigenvalue weighted by Gasteiger charge is 2.35. The van der Waals surface area contributed by atoms with Crippen molar-refractivity contribution in [3.8, 4) is 11.5 Å². The Bertz CT molecular complexity index is 1180. The van der Waals surface area contributed by atoms with Crippen molar-refractivity contribution in [1.29, 1.82) is 0 Å². The van der Waals surface area contributed by atoms with Crippen LogP contribution in [0.5, 0.6) is 11.5 Å². The van der Waals surface area contributed by atoms with E-state index in [4.69, 9.17) is 9.47 Å². The van der Waals surface area contributed by atoms with Crippen LogP contribution in [0.1, 0.15) is 24.5 Å². The third-order valence-corrected chi connectivity index (χ3v) is 7.37. The van der Waals surface area contributed by atoms with Gasteiger partial charge in [0.1, 0.15) is 6.04 Å². The molecule has 3 amide bonds. The third kappa shape index (κ3) is 6.08. The van der Waals surface area contributed by atoms with E-state index in [9.17, 15) is 14.4 Å². The molecule has 3 aliphatic rings. The molecule has 0 spiro atoms. The molecule has 0 aliphatic carbocycles. The number of fused-ring (bicyclic) bond motifs is 1. The van der Waals surface area contributed by atoms with Gasteiger partial charge >= 0.3 is 0 Å². The van der Waals surface area contributed by atoms with Gasteiger partial charge in [-0.1, -0.05) is 31.2 Å². The van der Waals surface area contributed by atoms with Gasteiger partial charge in [-0.25, -0.2) is 0 Å². The molecule has 0 unspecified atom stereocenters. The van der Waals surface area contributed by atoms with Crippen LogP contribution in [0.15, 0.2) is 42.5 Å². The fourth-order valence-corrected chi connectivity index (χ4v) is 5.23. The molecular formula is C28H35N5O5. The lowest BCUT2D eigenvalue weighted by Crippen LogP contribution is -2.60. The third-order valence-electron chi connectivity index (χ3n) is 7.37. The molecular weight excluding hydrogens is 486 g/mol. The minimum Gasteiger partial charge on any atom is -0.454 e. The van der Waals surface area contributed by atoms with Crippen LogP contribution in [0.25, 0.3) is 0 Å². The van der Waals surface area contributed by atoms with E-state index in [-0.39, 0.29) is 37.5 Å². The highest BCUT2D eigenvalue weighted by Crippen LogP contribution is 2.32. The molecule has 2 fully saturated rings. The van der Waals surface area contributed by atoms with Crippen LogP contribution >= 0.6 is 0 Å². The van der Waals surface area contributed by atoms with Crippen LogP contribution in [0.4, 0.5) is 5.69 Å². The zero-order valence-electron chi connectivity index (χ0n) is 21.8. The highest BCUT2D eigenvalue weighted by molar-refractivity contribution is 5.98. The smallest absolute Gasteiger partial charge is 0.243 e. The number of rotatable bonds is 8. The highest BCUT2D eigenvalue weighted by atomic mass is 16.7. The van der Waals surface area contributed by atoms with Crippen molar-refractivity contribution in [3.63, 3.8) is 0 Å². The van der Waals surface area contributed by atoms with Gasteiger partial charge in [-0.15, -0.1) is 0 Å². The minimum absolute atomic E-state index is 0.0705. The lowest BCUT2D eigenvalue weighted by Gasteiger charge is -2.38. The summed E-state index contributed by atoms with van der Waals surface area (Å²) in [6.45, 7) is 7.33. The molecule has 2 aromatic rings. The van der Waals surface area contributed by atoms with Gasteiger partial charge in [-0.3, -0.25) is 24.2 Å². The number of hydrogen-bond acceptors (Lipinski definition) is 7. The van der Waals surface area contributed by atoms with E-state index in [2.05, 4.69) is 26.5 Å². The maximum absolute atomic E-state index is 13.3. The Morgan fingerprint density at radius 3 is 2.58 bits per heavy atom. The minimum atomic E-state index is -0.808. The Hall–Kier alpha value is -3.63. The molecule has 0 bridgehead atoms. The first-order valence-electron chi connectivity index (χ1n) is 13.3. The summed E-state index contributed by atoms with van der Waals surface area (Å²) in [4.78, 5) is 44.8. The van der Waals surface area contributed by atoms with Crippen molar-refractivity contribution in [3.05, 3.63) is 53.6 Å². The quantitative estimate of drug-likeness (QED) is 0.542. The predicted octanol–water partition coefficient (Wildman–Crippen LogP) is 1.45. The van der Waals surface area contributed by atoms with Gasteiger partial charge in [-0.05, 0) is 35.7 Å². The van der Waals surface area contributed by atoms with Crippen LogP contribution in [0.2, 0.25) is 0 Å². The summed E-state index contributed by atoms with van der Waals surface area (Å²) < 4.78 is 10.9. The average Bonchev–Trinajstić information content (AvgIpc) is 3.39. The Morgan fingerprint density at radius 2 is 1.76 bits per heavy atom. The number of carbonyl (C=O) groups excluding carboxylic acids is 3. The standard InChI is InChI=1S/C28H35N5O5/c1-2-21-5-3-4-6-22(21)30-26(34)16-23-28(36)29-9-10-33(23)27(35)18-32-13-11-31(12-14-32)17-20-7-8-24-25(15-20)38-19-37-24/h3-8,15,23H,2,9-14,16-19H2,1H3,(H,29,36)(H,30,34)/t23-/m0/s1. The summed E-state index contributed by atoms with van der Waals surface area (Å²) >= 11 is 0. The first kappa shape index (κ1) is 26.0. The van der Waals surface area contributed by atoms with E-state index in [1.54, 1.807) is 4.90 Å². The van der Waals surface area contributed by atoms with Crippen molar-refractivity contribution in [1.82, 2.24) is 20.0 Å². The van der Waals surface area contributed by atoms with Crippen LogP contribution in [-0.4, -0.2) is 91.1 Å². The van der Waals surface area contributed by atoms with Gasteiger partial charge in [0.05, 0.1) is 13.0 Å². The molecule has 5 rings (SSSR count). The van der Waals surface area contributed by atoms with Crippen molar-refractivity contribution in [2.45, 2.75) is 32.4 Å². The number of benzene rings is 2. The molecule has 3 heterocycles. The van der Waals surface area contributed by atoms with Crippen LogP contribution in [-0.2, 0) is 27.3 Å². The van der Waals surface area contributed by atoms with Gasteiger partial charge in [0, 0.05) is 51.5 Å². The number of aryl methyl sites for hydroxylation is 1. The number of hydrogen-bond donors (Lipinski definition) is 2. The molecule has 0 radical (unpaired) electrons. The maximum atomic E-state index is 13.3. The van der Waals surface area contributed by atoms with Crippen molar-refractivity contribution in [2.24, 2.45) is 0 Å². The van der Waals surface area contributed by atoms with Crippen molar-refractivity contribution in [2.75, 3.05) is 57.9 Å². The lowest BCUT2D eigenvalue weighted by atomic mass is 10.1. The normalized spacial score (nSPS) is 19.8. The summed E-state index contributed by atoms with van der Waals surface area (Å²) in [6.07, 6.45) is 0.716. The van der Waals surface area contributed by atoms with Gasteiger partial charge in [0.25, 0.3) is 0 Å². The van der Waals surface area contributed by atoms with Gasteiger partial charge in [0.2, 0.25) is 24.5 Å². The summed E-state index contributed by atoms with van der Waals surface area (Å²) in [5, 5.41) is 5.73. The summed E-state index contributed by atoms with van der Waals surface area (Å²) in [5.74, 6) is 0.899. The molecule has 2 aromatic carbocycles. The number of para-hydroxylation sites is 1. The molecule has 3 aliphatic heterocycles. The van der Waals surface area contributed by atoms with Gasteiger partial charge in [-0.2, -0.15) is 0 Å². The van der Waals surface area contributed by atoms with Crippen LogP contribution in [0.3, 0.4) is 0 Å². The van der Waals surface area contributed by atoms with E-state index in [0.29, 0.717) is 13.1 Å². The Labute approximate surface area is 222 Å². The van der Waals surface area contributed by atoms with E-state index in [0.717, 1.165) is 61.9 Å². The number of ether oxygens (including phenoxy) is 2. The Balaban J connectivity index is 1.13. The summed E-state index contributed by atoms with van der Waals surface area (Å²) in [5.41, 5.74) is 2.94. The number of nitrogens with zero attached hydrogens (tertiary/aromatic N) is 3. The fraction of sp³-hybridized carbons (Fsp3) is 0.464. The topological polar surface area (TPSA) is 103 Å². The lowest BCUT2D eigenvalue weighted by molar-refractivity contribution is -0.145. The molecule has 202 valence electrons. The zero-order valence-corrected chi connectivity index (χ0v) is 21.8. The maximum Gasteiger partial charge on any atom is 0.243 e. The molecule has 10 nitrogen and oxygen atoms in total. The average molecular weight is 522 g/mol. The number of carbonyl (C=O) groups is 3. The summed E-state index contributed by atoms with van der Waals surface area (Å²) in [6, 6.07) is 12.8. The predicted molar refractivity (Wildman–Crippen MR) is 142 cm³/mol. The molecule has 10 heteroatoms. The van der Waals surface area contributed by atoms with E-state index in [1.807, 2.05) is 43.3 Å². The number of anilines is 1. The fourth-order valence-electron chi connectivity index (χ4n) is 5.23. The van der Waals surface area contributed by atoms with Crippen molar-refractivity contribution < 1.29 is 23.9 Å². The van der Waals surface area contributed by atoms with Crippen molar-refractivity contribution >= 4 is 23.4 Å². The zero-order chi connectivity index (χ0) is 26.5. The van der Waals surface area contributed by atoms with Gasteiger partial charge in [0.15, 0.2) is 11.5 Å². The van der Waals surface area contributed by atoms with E-state index < -0.39 is 6.04 Å². The second-order valence-corrected chi connectivity index (χ2v) is 9.90. The van der Waals surface area contributed by atoms with E-state index >= 15 is 0 Å². The van der Waals surface area contributed by atoms with E-state index in [1.165, 1.54) is 5.56 Å². The summed E-state index contributed by atoms with van der Waals surface area (Å²) in [7, 11) is 0. The molecule has 0 aromatic heterocycles. The number of nitrogens with one attached hydrogen (secondary N) is 2. The van der Waals surface area contributed by atoms with Crippen LogP contribution in [0, 0.1) is 0 Å². The second kappa shape index (κ2) is 11.8. The van der Waals surface area contributed by atoms with Gasteiger partial charge < -0.3 is 25.0 Å². The Morgan fingerprint density at radius 1 is 1.00 bits per heavy atom. The number of piperazine rings is 2. The van der Waals surface area contributed by atoms with Crippen LogP contribution < -0.4 is 20.1 Å². The SMILES string of the molecule is CCc1ccccc1NC(=O)C[C@H]1C(=O)NCCN1C(=O)CN1CCN(Cc2ccc3c(c2)OCO3)CC1. The second-order valence-electron chi connectivity index (χ2n) is 9.90. The molecule has 0 saturated carbocycles. The largest absolute Gasteiger partial charge is 0.454 e. The monoisotopic (exact) mass is 521 g/mol.